The van der Waals surface area contributed by atoms with Crippen LogP contribution in [0.5, 0.6) is 5.75 Å². The summed E-state index contributed by atoms with van der Waals surface area (Å²) in [5.41, 5.74) is 5.65. The first-order valence-corrected chi connectivity index (χ1v) is 14.7. The highest BCUT2D eigenvalue weighted by Gasteiger charge is 2.47. The topological polar surface area (TPSA) is 63.2 Å². The first kappa shape index (κ1) is 30.5. The quantitative estimate of drug-likeness (QED) is 0.178. The van der Waals surface area contributed by atoms with E-state index in [1.54, 1.807) is 14.0 Å². The molecule has 0 amide bonds. The van der Waals surface area contributed by atoms with Crippen molar-refractivity contribution in [2.24, 2.45) is 0 Å². The Hall–Kier alpha value is -1.69. The number of hydrogen-bond acceptors (Lipinski definition) is 6. The fourth-order valence-corrected chi connectivity index (χ4v) is 6.94. The van der Waals surface area contributed by atoms with Crippen molar-refractivity contribution < 1.29 is 28.0 Å². The van der Waals surface area contributed by atoms with Crippen molar-refractivity contribution in [2.45, 2.75) is 79.4 Å². The molecule has 0 saturated carbocycles. The SMILES string of the molecule is CCOC(C)(OCC)P(=O)(Cc1cc(C)c(Cc2ccc(OCOC)c(C(C)C)c2)c(C)c1)OCC. The summed E-state index contributed by atoms with van der Waals surface area (Å²) in [6, 6.07) is 10.6. The standard InChI is InChI=1S/C29H45O6P/c1-10-33-29(8,34-11-2)36(30,35-12-3)19-25-15-22(6)27(23(7)16-25)18-24-13-14-28(32-20-31-9)26(17-24)21(4)5/h13-17,21H,10-12,18-20H2,1-9H3. The van der Waals surface area contributed by atoms with E-state index in [0.717, 1.165) is 28.9 Å². The van der Waals surface area contributed by atoms with Gasteiger partial charge < -0.3 is 23.5 Å². The van der Waals surface area contributed by atoms with Crippen LogP contribution in [0, 0.1) is 13.8 Å². The Labute approximate surface area is 218 Å². The van der Waals surface area contributed by atoms with Crippen LogP contribution in [-0.2, 0) is 35.9 Å². The molecule has 0 N–H and O–H groups in total. The molecule has 0 aliphatic heterocycles. The maximum atomic E-state index is 14.1. The Bertz CT molecular complexity index is 1000. The van der Waals surface area contributed by atoms with Crippen LogP contribution in [0.1, 0.15) is 80.8 Å². The van der Waals surface area contributed by atoms with Crippen LogP contribution in [0.15, 0.2) is 30.3 Å². The van der Waals surface area contributed by atoms with Gasteiger partial charge in [-0.15, -0.1) is 0 Å². The van der Waals surface area contributed by atoms with E-state index in [2.05, 4.69) is 52.0 Å². The van der Waals surface area contributed by atoms with E-state index in [-0.39, 0.29) is 13.0 Å². The summed E-state index contributed by atoms with van der Waals surface area (Å²) in [6.45, 7) is 17.2. The van der Waals surface area contributed by atoms with Crippen molar-refractivity contribution in [2.75, 3.05) is 33.7 Å². The van der Waals surface area contributed by atoms with Crippen LogP contribution in [0.3, 0.4) is 0 Å². The lowest BCUT2D eigenvalue weighted by atomic mass is 9.92. The van der Waals surface area contributed by atoms with Crippen molar-refractivity contribution in [1.29, 1.82) is 0 Å². The fourth-order valence-electron chi connectivity index (χ4n) is 4.60. The number of rotatable bonds is 15. The molecule has 202 valence electrons. The lowest BCUT2D eigenvalue weighted by Gasteiger charge is -2.36. The van der Waals surface area contributed by atoms with Crippen LogP contribution in [-0.4, -0.2) is 39.3 Å². The highest BCUT2D eigenvalue weighted by molar-refractivity contribution is 7.59. The maximum absolute atomic E-state index is 14.1. The first-order chi connectivity index (χ1) is 17.0. The highest BCUT2D eigenvalue weighted by atomic mass is 31.2. The Kier molecular flexibility index (Phi) is 11.7. The van der Waals surface area contributed by atoms with Gasteiger partial charge in [0.25, 0.3) is 7.37 Å². The minimum Gasteiger partial charge on any atom is -0.467 e. The van der Waals surface area contributed by atoms with Crippen molar-refractivity contribution in [3.63, 3.8) is 0 Å². The van der Waals surface area contributed by atoms with E-state index in [4.69, 9.17) is 23.5 Å². The van der Waals surface area contributed by atoms with Gasteiger partial charge in [0.1, 0.15) is 5.75 Å². The summed E-state index contributed by atoms with van der Waals surface area (Å²) in [4.78, 5) is 0. The van der Waals surface area contributed by atoms with E-state index >= 15 is 0 Å². The summed E-state index contributed by atoms with van der Waals surface area (Å²) in [5, 5.41) is 0. The third-order valence-electron chi connectivity index (χ3n) is 6.34. The van der Waals surface area contributed by atoms with Crippen LogP contribution in [0.2, 0.25) is 0 Å². The molecule has 1 unspecified atom stereocenters. The van der Waals surface area contributed by atoms with Gasteiger partial charge in [-0.25, -0.2) is 0 Å². The van der Waals surface area contributed by atoms with E-state index in [0.29, 0.717) is 25.7 Å². The average Bonchev–Trinajstić information content (AvgIpc) is 2.80. The molecule has 6 nitrogen and oxygen atoms in total. The van der Waals surface area contributed by atoms with Crippen LogP contribution >= 0.6 is 7.37 Å². The van der Waals surface area contributed by atoms with Gasteiger partial charge >= 0.3 is 0 Å². The van der Waals surface area contributed by atoms with Gasteiger partial charge in [0.15, 0.2) is 6.79 Å². The first-order valence-electron chi connectivity index (χ1n) is 12.9. The smallest absolute Gasteiger partial charge is 0.264 e. The van der Waals surface area contributed by atoms with Gasteiger partial charge in [0.05, 0.1) is 12.8 Å². The monoisotopic (exact) mass is 520 g/mol. The largest absolute Gasteiger partial charge is 0.467 e. The zero-order chi connectivity index (χ0) is 26.9. The van der Waals surface area contributed by atoms with E-state index < -0.39 is 12.9 Å². The normalized spacial score (nSPS) is 13.7. The van der Waals surface area contributed by atoms with Crippen molar-refractivity contribution >= 4 is 7.37 Å². The molecule has 2 rings (SSSR count). The van der Waals surface area contributed by atoms with Crippen molar-refractivity contribution in [3.05, 3.63) is 63.7 Å². The Morgan fingerprint density at radius 2 is 1.53 bits per heavy atom. The molecule has 0 spiro atoms. The molecule has 2 aromatic rings. The molecule has 0 aromatic heterocycles. The molecule has 2 aromatic carbocycles. The van der Waals surface area contributed by atoms with E-state index in [9.17, 15) is 4.57 Å². The van der Waals surface area contributed by atoms with Crippen molar-refractivity contribution in [1.82, 2.24) is 0 Å². The highest BCUT2D eigenvalue weighted by Crippen LogP contribution is 2.62. The molecule has 0 aliphatic carbocycles. The van der Waals surface area contributed by atoms with Crippen LogP contribution in [0.4, 0.5) is 0 Å². The Morgan fingerprint density at radius 1 is 0.917 bits per heavy atom. The summed E-state index contributed by atoms with van der Waals surface area (Å²) >= 11 is 0. The molecule has 0 radical (unpaired) electrons. The third-order valence-corrected chi connectivity index (χ3v) is 9.29. The van der Waals surface area contributed by atoms with Gasteiger partial charge in [0.2, 0.25) is 5.53 Å². The predicted octanol–water partition coefficient (Wildman–Crippen LogP) is 7.56. The number of hydrogen-bond donors (Lipinski definition) is 0. The maximum Gasteiger partial charge on any atom is 0.264 e. The number of aryl methyl sites for hydroxylation is 2. The van der Waals surface area contributed by atoms with Crippen molar-refractivity contribution in [3.8, 4) is 5.75 Å². The van der Waals surface area contributed by atoms with Gasteiger partial charge in [-0.1, -0.05) is 38.1 Å². The molecule has 0 fully saturated rings. The van der Waals surface area contributed by atoms with Crippen LogP contribution in [0.25, 0.3) is 0 Å². The second-order valence-corrected chi connectivity index (χ2v) is 12.2. The van der Waals surface area contributed by atoms with E-state index in [1.165, 1.54) is 16.7 Å². The summed E-state index contributed by atoms with van der Waals surface area (Å²) in [5.74, 6) is 1.19. The molecular weight excluding hydrogens is 475 g/mol. The molecule has 0 bridgehead atoms. The zero-order valence-corrected chi connectivity index (χ0v) is 24.5. The van der Waals surface area contributed by atoms with Crippen LogP contribution < -0.4 is 4.74 Å². The average molecular weight is 521 g/mol. The minimum atomic E-state index is -3.32. The second kappa shape index (κ2) is 13.7. The lowest BCUT2D eigenvalue weighted by Crippen LogP contribution is -2.34. The van der Waals surface area contributed by atoms with Gasteiger partial charge in [-0.05, 0) is 93.3 Å². The summed E-state index contributed by atoms with van der Waals surface area (Å²) in [6.07, 6.45) is 1.06. The summed E-state index contributed by atoms with van der Waals surface area (Å²) in [7, 11) is -1.69. The number of benzene rings is 2. The molecule has 0 saturated heterocycles. The molecule has 0 aliphatic rings. The summed E-state index contributed by atoms with van der Waals surface area (Å²) < 4.78 is 42.5. The van der Waals surface area contributed by atoms with Gasteiger partial charge in [0, 0.05) is 20.3 Å². The lowest BCUT2D eigenvalue weighted by molar-refractivity contribution is -0.168. The third kappa shape index (κ3) is 7.43. The molecular formula is C29H45O6P. The zero-order valence-electron chi connectivity index (χ0n) is 23.6. The molecule has 7 heteroatoms. The number of methoxy groups -OCH3 is 1. The van der Waals surface area contributed by atoms with Gasteiger partial charge in [-0.2, -0.15) is 0 Å². The Morgan fingerprint density at radius 3 is 2.03 bits per heavy atom. The van der Waals surface area contributed by atoms with E-state index in [1.807, 2.05) is 26.8 Å². The molecule has 1 atom stereocenters. The predicted molar refractivity (Wildman–Crippen MR) is 146 cm³/mol. The van der Waals surface area contributed by atoms with Gasteiger partial charge in [-0.3, -0.25) is 4.57 Å². The minimum absolute atomic E-state index is 0.232. The molecule has 36 heavy (non-hydrogen) atoms. The number of ether oxygens (including phenoxy) is 4. The second-order valence-electron chi connectivity index (χ2n) is 9.48. The fraction of sp³-hybridized carbons (Fsp3) is 0.586. The Balaban J connectivity index is 2.37. The molecule has 0 heterocycles.